The molecule has 146 valence electrons. The molecule has 0 aliphatic carbocycles. The van der Waals surface area contributed by atoms with E-state index >= 15 is 0 Å². The molecular formula is C20H22FN5O2. The number of nitrogens with zero attached hydrogens (tertiary/aromatic N) is 4. The lowest BCUT2D eigenvalue weighted by molar-refractivity contribution is -0.116. The van der Waals surface area contributed by atoms with Gasteiger partial charge in [0.15, 0.2) is 0 Å². The van der Waals surface area contributed by atoms with Gasteiger partial charge in [0.05, 0.1) is 12.1 Å². The van der Waals surface area contributed by atoms with E-state index in [0.717, 1.165) is 5.52 Å². The number of anilines is 1. The molecular weight excluding hydrogens is 361 g/mol. The van der Waals surface area contributed by atoms with Crippen LogP contribution in [0.3, 0.4) is 0 Å². The summed E-state index contributed by atoms with van der Waals surface area (Å²) >= 11 is 0. The van der Waals surface area contributed by atoms with Gasteiger partial charge in [0.25, 0.3) is 5.91 Å². The summed E-state index contributed by atoms with van der Waals surface area (Å²) in [7, 11) is 1.55. The van der Waals surface area contributed by atoms with Crippen LogP contribution in [0, 0.1) is 12.7 Å². The van der Waals surface area contributed by atoms with Gasteiger partial charge in [-0.3, -0.25) is 9.59 Å². The van der Waals surface area contributed by atoms with Gasteiger partial charge in [-0.1, -0.05) is 5.21 Å². The van der Waals surface area contributed by atoms with E-state index in [0.29, 0.717) is 22.3 Å². The average Bonchev–Trinajstić information content (AvgIpc) is 3.06. The van der Waals surface area contributed by atoms with E-state index in [-0.39, 0.29) is 30.2 Å². The number of halogens is 1. The summed E-state index contributed by atoms with van der Waals surface area (Å²) in [6.07, 6.45) is 0. The topological polar surface area (TPSA) is 80.1 Å². The Bertz CT molecular complexity index is 1040. The van der Waals surface area contributed by atoms with Gasteiger partial charge in [-0.15, -0.1) is 5.10 Å². The minimum Gasteiger partial charge on any atom is -0.332 e. The van der Waals surface area contributed by atoms with Crippen LogP contribution < -0.4 is 5.32 Å². The van der Waals surface area contributed by atoms with Gasteiger partial charge >= 0.3 is 0 Å². The Labute approximate surface area is 162 Å². The maximum Gasteiger partial charge on any atom is 0.254 e. The van der Waals surface area contributed by atoms with Gasteiger partial charge in [-0.25, -0.2) is 9.07 Å². The molecule has 0 atom stereocenters. The summed E-state index contributed by atoms with van der Waals surface area (Å²) in [5.41, 5.74) is 3.02. The summed E-state index contributed by atoms with van der Waals surface area (Å²) in [6.45, 7) is 5.57. The van der Waals surface area contributed by atoms with Crippen LogP contribution in [-0.4, -0.2) is 45.3 Å². The highest BCUT2D eigenvalue weighted by Gasteiger charge is 2.17. The zero-order chi connectivity index (χ0) is 20.4. The Morgan fingerprint density at radius 3 is 2.64 bits per heavy atom. The summed E-state index contributed by atoms with van der Waals surface area (Å²) < 4.78 is 15.0. The molecule has 8 heteroatoms. The number of carbonyl (C=O) groups is 2. The molecule has 7 nitrogen and oxygen atoms in total. The van der Waals surface area contributed by atoms with Crippen LogP contribution in [0.2, 0.25) is 0 Å². The first kappa shape index (κ1) is 19.5. The summed E-state index contributed by atoms with van der Waals surface area (Å²) in [4.78, 5) is 26.3. The SMILES string of the molecule is Cc1cc(F)ccc1NC(=O)CN(C)C(=O)c1ccc2c(c1)nnn2C(C)C. The lowest BCUT2D eigenvalue weighted by Gasteiger charge is -2.17. The Balaban J connectivity index is 1.70. The van der Waals surface area contributed by atoms with Crippen molar-refractivity contribution in [3.05, 3.63) is 53.3 Å². The number of likely N-dealkylation sites (N-methyl/N-ethyl adjacent to an activating group) is 1. The second-order valence-corrected chi connectivity index (χ2v) is 7.00. The van der Waals surface area contributed by atoms with Crippen molar-refractivity contribution in [2.75, 3.05) is 18.9 Å². The largest absolute Gasteiger partial charge is 0.332 e. The highest BCUT2D eigenvalue weighted by Crippen LogP contribution is 2.18. The minimum absolute atomic E-state index is 0.133. The molecule has 2 amide bonds. The van der Waals surface area contributed by atoms with Crippen molar-refractivity contribution in [1.29, 1.82) is 0 Å². The van der Waals surface area contributed by atoms with Gasteiger partial charge in [-0.2, -0.15) is 0 Å². The zero-order valence-corrected chi connectivity index (χ0v) is 16.2. The molecule has 0 unspecified atom stereocenters. The minimum atomic E-state index is -0.368. The molecule has 1 heterocycles. The third kappa shape index (κ3) is 4.00. The third-order valence-electron chi connectivity index (χ3n) is 4.40. The monoisotopic (exact) mass is 383 g/mol. The highest BCUT2D eigenvalue weighted by atomic mass is 19.1. The van der Waals surface area contributed by atoms with Crippen LogP contribution in [0.5, 0.6) is 0 Å². The van der Waals surface area contributed by atoms with Crippen molar-refractivity contribution in [2.24, 2.45) is 0 Å². The average molecular weight is 383 g/mol. The van der Waals surface area contributed by atoms with E-state index in [1.807, 2.05) is 13.8 Å². The van der Waals surface area contributed by atoms with E-state index in [4.69, 9.17) is 0 Å². The van der Waals surface area contributed by atoms with Gasteiger partial charge in [0.1, 0.15) is 11.3 Å². The lowest BCUT2D eigenvalue weighted by Crippen LogP contribution is -2.35. The second-order valence-electron chi connectivity index (χ2n) is 7.00. The molecule has 0 saturated heterocycles. The van der Waals surface area contributed by atoms with Gasteiger partial charge in [-0.05, 0) is 62.7 Å². The van der Waals surface area contributed by atoms with Crippen molar-refractivity contribution < 1.29 is 14.0 Å². The Hall–Kier alpha value is -3.29. The number of benzene rings is 2. The molecule has 0 saturated carbocycles. The summed E-state index contributed by atoms with van der Waals surface area (Å²) in [5, 5.41) is 10.9. The van der Waals surface area contributed by atoms with E-state index in [9.17, 15) is 14.0 Å². The first-order valence-electron chi connectivity index (χ1n) is 8.92. The van der Waals surface area contributed by atoms with Crippen molar-refractivity contribution in [3.63, 3.8) is 0 Å². The predicted molar refractivity (Wildman–Crippen MR) is 105 cm³/mol. The van der Waals surface area contributed by atoms with Crippen molar-refractivity contribution in [2.45, 2.75) is 26.8 Å². The van der Waals surface area contributed by atoms with E-state index < -0.39 is 0 Å². The number of amides is 2. The predicted octanol–water partition coefficient (Wildman–Crippen LogP) is 3.17. The Morgan fingerprint density at radius 2 is 1.96 bits per heavy atom. The molecule has 0 aliphatic heterocycles. The van der Waals surface area contributed by atoms with Gasteiger partial charge in [0.2, 0.25) is 5.91 Å². The molecule has 2 aromatic carbocycles. The maximum absolute atomic E-state index is 13.2. The summed E-state index contributed by atoms with van der Waals surface area (Å²) in [6, 6.07) is 9.44. The first-order valence-corrected chi connectivity index (χ1v) is 8.92. The lowest BCUT2D eigenvalue weighted by atomic mass is 10.1. The molecule has 3 aromatic rings. The number of rotatable bonds is 5. The molecule has 1 aromatic heterocycles. The molecule has 0 aliphatic rings. The number of hydrogen-bond donors (Lipinski definition) is 1. The van der Waals surface area contributed by atoms with Crippen LogP contribution in [0.1, 0.15) is 35.8 Å². The molecule has 28 heavy (non-hydrogen) atoms. The molecule has 3 rings (SSSR count). The van der Waals surface area contributed by atoms with Crippen molar-refractivity contribution in [1.82, 2.24) is 19.9 Å². The third-order valence-corrected chi connectivity index (χ3v) is 4.40. The van der Waals surface area contributed by atoms with E-state index in [2.05, 4.69) is 15.6 Å². The number of aryl methyl sites for hydroxylation is 1. The molecule has 0 bridgehead atoms. The number of hydrogen-bond acceptors (Lipinski definition) is 4. The molecule has 0 spiro atoms. The van der Waals surface area contributed by atoms with Crippen molar-refractivity contribution >= 4 is 28.5 Å². The molecule has 0 radical (unpaired) electrons. The van der Waals surface area contributed by atoms with E-state index in [1.54, 1.807) is 36.9 Å². The Morgan fingerprint density at radius 1 is 1.21 bits per heavy atom. The van der Waals surface area contributed by atoms with Crippen LogP contribution in [0.25, 0.3) is 11.0 Å². The van der Waals surface area contributed by atoms with Crippen LogP contribution in [0.15, 0.2) is 36.4 Å². The highest BCUT2D eigenvalue weighted by molar-refractivity contribution is 6.01. The number of fused-ring (bicyclic) bond motifs is 1. The first-order chi connectivity index (χ1) is 13.3. The molecule has 0 fully saturated rings. The molecule has 1 N–H and O–H groups in total. The van der Waals surface area contributed by atoms with Crippen LogP contribution in [-0.2, 0) is 4.79 Å². The maximum atomic E-state index is 13.2. The normalized spacial score (nSPS) is 11.1. The number of carbonyl (C=O) groups excluding carboxylic acids is 2. The van der Waals surface area contributed by atoms with Crippen molar-refractivity contribution in [3.8, 4) is 0 Å². The fraction of sp³-hybridized carbons (Fsp3) is 0.300. The van der Waals surface area contributed by atoms with Gasteiger partial charge in [0, 0.05) is 24.3 Å². The van der Waals surface area contributed by atoms with E-state index in [1.165, 1.54) is 23.1 Å². The Kier molecular flexibility index (Phi) is 5.39. The van der Waals surface area contributed by atoms with Crippen LogP contribution >= 0.6 is 0 Å². The smallest absolute Gasteiger partial charge is 0.254 e. The zero-order valence-electron chi connectivity index (χ0n) is 16.2. The number of aromatic nitrogens is 3. The fourth-order valence-electron chi connectivity index (χ4n) is 2.92. The standard InChI is InChI=1S/C20H22FN5O2/c1-12(2)26-18-8-5-14(10-17(18)23-24-26)20(28)25(4)11-19(27)22-16-7-6-15(21)9-13(16)3/h5-10,12H,11H2,1-4H3,(H,22,27). The summed E-state index contributed by atoms with van der Waals surface area (Å²) in [5.74, 6) is -1.03. The second kappa shape index (κ2) is 7.75. The number of nitrogens with one attached hydrogen (secondary N) is 1. The van der Waals surface area contributed by atoms with Gasteiger partial charge < -0.3 is 10.2 Å². The van der Waals surface area contributed by atoms with Crippen LogP contribution in [0.4, 0.5) is 10.1 Å². The quantitative estimate of drug-likeness (QED) is 0.734. The fourth-order valence-corrected chi connectivity index (χ4v) is 2.92.